The van der Waals surface area contributed by atoms with Gasteiger partial charge in [-0.05, 0) is 11.6 Å². The minimum absolute atomic E-state index is 0.00861. The van der Waals surface area contributed by atoms with Crippen LogP contribution in [0.3, 0.4) is 0 Å². The van der Waals surface area contributed by atoms with Gasteiger partial charge < -0.3 is 5.11 Å². The van der Waals surface area contributed by atoms with Gasteiger partial charge in [-0.3, -0.25) is 9.78 Å². The Kier molecular flexibility index (Phi) is 3.17. The molecule has 1 N–H and O–H groups in total. The smallest absolute Gasteiger partial charge is 0.151 e. The van der Waals surface area contributed by atoms with Crippen LogP contribution < -0.4 is 0 Å². The highest BCUT2D eigenvalue weighted by Gasteiger charge is 1.90. The standard InChI is InChI=1S/C9H9NO2/c11-3-1-2-8-4-9(7-12)6-10-5-8/h1-2,4-7,11H,3H2. The third-order valence-electron chi connectivity index (χ3n) is 1.33. The average molecular weight is 163 g/mol. The highest BCUT2D eigenvalue weighted by Crippen LogP contribution is 2.02. The lowest BCUT2D eigenvalue weighted by Crippen LogP contribution is -1.83. The molecule has 0 atom stereocenters. The van der Waals surface area contributed by atoms with Gasteiger partial charge >= 0.3 is 0 Å². The Morgan fingerprint density at radius 3 is 2.83 bits per heavy atom. The van der Waals surface area contributed by atoms with E-state index in [1.165, 1.54) is 6.20 Å². The minimum atomic E-state index is -0.00861. The molecule has 12 heavy (non-hydrogen) atoms. The first-order chi connectivity index (χ1) is 5.86. The van der Waals surface area contributed by atoms with Gasteiger partial charge in [0.05, 0.1) is 6.61 Å². The van der Waals surface area contributed by atoms with E-state index >= 15 is 0 Å². The van der Waals surface area contributed by atoms with Gasteiger partial charge in [0.2, 0.25) is 0 Å². The van der Waals surface area contributed by atoms with E-state index in [2.05, 4.69) is 4.98 Å². The molecule has 0 aliphatic rings. The number of aliphatic hydroxyl groups excluding tert-OH is 1. The number of aliphatic hydroxyl groups is 1. The van der Waals surface area contributed by atoms with Crippen molar-refractivity contribution in [2.75, 3.05) is 6.61 Å². The summed E-state index contributed by atoms with van der Waals surface area (Å²) in [6.07, 6.45) is 7.15. The predicted molar refractivity (Wildman–Crippen MR) is 45.7 cm³/mol. The van der Waals surface area contributed by atoms with E-state index in [1.807, 2.05) is 0 Å². The second kappa shape index (κ2) is 4.41. The summed E-state index contributed by atoms with van der Waals surface area (Å²) in [7, 11) is 0. The molecule has 0 saturated carbocycles. The molecule has 1 heterocycles. The molecule has 1 aromatic heterocycles. The van der Waals surface area contributed by atoms with Crippen molar-refractivity contribution in [3.63, 3.8) is 0 Å². The number of carbonyl (C=O) groups excluding carboxylic acids is 1. The lowest BCUT2D eigenvalue weighted by Gasteiger charge is -1.92. The van der Waals surface area contributed by atoms with Crippen LogP contribution in [-0.2, 0) is 0 Å². The third kappa shape index (κ3) is 2.29. The maximum atomic E-state index is 10.3. The first-order valence-electron chi connectivity index (χ1n) is 3.54. The van der Waals surface area contributed by atoms with Crippen molar-refractivity contribution in [2.45, 2.75) is 0 Å². The maximum absolute atomic E-state index is 10.3. The van der Waals surface area contributed by atoms with Crippen LogP contribution in [0.5, 0.6) is 0 Å². The zero-order chi connectivity index (χ0) is 8.81. The monoisotopic (exact) mass is 163 g/mol. The molecule has 0 aliphatic carbocycles. The van der Waals surface area contributed by atoms with E-state index in [4.69, 9.17) is 5.11 Å². The molecule has 1 rings (SSSR count). The lowest BCUT2D eigenvalue weighted by molar-refractivity contribution is 0.112. The van der Waals surface area contributed by atoms with Gasteiger partial charge in [0.15, 0.2) is 6.29 Å². The molecular formula is C9H9NO2. The number of pyridine rings is 1. The van der Waals surface area contributed by atoms with Gasteiger partial charge in [0.1, 0.15) is 0 Å². The Morgan fingerprint density at radius 1 is 1.42 bits per heavy atom. The summed E-state index contributed by atoms with van der Waals surface area (Å²) < 4.78 is 0. The fraction of sp³-hybridized carbons (Fsp3) is 0.111. The van der Waals surface area contributed by atoms with Crippen LogP contribution in [0.4, 0.5) is 0 Å². The number of rotatable bonds is 3. The molecule has 62 valence electrons. The van der Waals surface area contributed by atoms with Crippen molar-refractivity contribution >= 4 is 12.4 Å². The largest absolute Gasteiger partial charge is 0.392 e. The van der Waals surface area contributed by atoms with Crippen LogP contribution in [0.15, 0.2) is 24.5 Å². The highest BCUT2D eigenvalue weighted by molar-refractivity contribution is 5.75. The molecule has 0 fully saturated rings. The van der Waals surface area contributed by atoms with Crippen molar-refractivity contribution in [1.82, 2.24) is 4.98 Å². The summed E-state index contributed by atoms with van der Waals surface area (Å²) in [5, 5.41) is 8.48. The zero-order valence-electron chi connectivity index (χ0n) is 6.47. The minimum Gasteiger partial charge on any atom is -0.392 e. The second-order valence-corrected chi connectivity index (χ2v) is 2.25. The molecule has 3 heteroatoms. The first kappa shape index (κ1) is 8.62. The molecule has 0 radical (unpaired) electrons. The van der Waals surface area contributed by atoms with Gasteiger partial charge in [-0.15, -0.1) is 0 Å². The molecule has 1 aromatic rings. The number of aldehydes is 1. The molecule has 0 amide bonds. The predicted octanol–water partition coefficient (Wildman–Crippen LogP) is 0.900. The van der Waals surface area contributed by atoms with Crippen LogP contribution in [0.25, 0.3) is 6.08 Å². The Balaban J connectivity index is 2.86. The number of carbonyl (C=O) groups is 1. The van der Waals surface area contributed by atoms with E-state index in [-0.39, 0.29) is 6.61 Å². The topological polar surface area (TPSA) is 50.2 Å². The lowest BCUT2D eigenvalue weighted by atomic mass is 10.2. The Bertz CT molecular complexity index is 294. The van der Waals surface area contributed by atoms with Crippen LogP contribution in [0.2, 0.25) is 0 Å². The summed E-state index contributed by atoms with van der Waals surface area (Å²) in [5.74, 6) is 0. The Labute approximate surface area is 70.4 Å². The van der Waals surface area contributed by atoms with Gasteiger partial charge in [-0.1, -0.05) is 12.2 Å². The summed E-state index contributed by atoms with van der Waals surface area (Å²) in [6.45, 7) is -0.00861. The molecule has 0 spiro atoms. The zero-order valence-corrected chi connectivity index (χ0v) is 6.47. The fourth-order valence-corrected chi connectivity index (χ4v) is 0.821. The van der Waals surface area contributed by atoms with Gasteiger partial charge in [0, 0.05) is 18.0 Å². The maximum Gasteiger partial charge on any atom is 0.151 e. The van der Waals surface area contributed by atoms with Crippen molar-refractivity contribution < 1.29 is 9.90 Å². The number of hydrogen-bond donors (Lipinski definition) is 1. The number of aromatic nitrogens is 1. The van der Waals surface area contributed by atoms with E-state index < -0.39 is 0 Å². The van der Waals surface area contributed by atoms with E-state index in [0.717, 1.165) is 11.8 Å². The Morgan fingerprint density at radius 2 is 2.17 bits per heavy atom. The van der Waals surface area contributed by atoms with Crippen molar-refractivity contribution in [3.8, 4) is 0 Å². The SMILES string of the molecule is O=Cc1cncc(C=CCO)c1. The number of nitrogens with zero attached hydrogens (tertiary/aromatic N) is 1. The van der Waals surface area contributed by atoms with Crippen molar-refractivity contribution in [3.05, 3.63) is 35.7 Å². The van der Waals surface area contributed by atoms with Crippen LogP contribution >= 0.6 is 0 Å². The normalized spacial score (nSPS) is 10.4. The highest BCUT2D eigenvalue weighted by atomic mass is 16.2. The molecule has 0 bridgehead atoms. The molecule has 0 unspecified atom stereocenters. The van der Waals surface area contributed by atoms with Gasteiger partial charge in [-0.25, -0.2) is 0 Å². The summed E-state index contributed by atoms with van der Waals surface area (Å²) in [5.41, 5.74) is 1.35. The summed E-state index contributed by atoms with van der Waals surface area (Å²) >= 11 is 0. The van der Waals surface area contributed by atoms with Crippen LogP contribution in [0, 0.1) is 0 Å². The first-order valence-corrected chi connectivity index (χ1v) is 3.54. The van der Waals surface area contributed by atoms with Crippen LogP contribution in [-0.4, -0.2) is 23.0 Å². The average Bonchev–Trinajstić information content (AvgIpc) is 2.15. The second-order valence-electron chi connectivity index (χ2n) is 2.25. The molecule has 0 aromatic carbocycles. The third-order valence-corrected chi connectivity index (χ3v) is 1.33. The van der Waals surface area contributed by atoms with E-state index in [1.54, 1.807) is 24.4 Å². The van der Waals surface area contributed by atoms with Crippen molar-refractivity contribution in [1.29, 1.82) is 0 Å². The fourth-order valence-electron chi connectivity index (χ4n) is 0.821. The van der Waals surface area contributed by atoms with Gasteiger partial charge in [0.25, 0.3) is 0 Å². The molecular weight excluding hydrogens is 154 g/mol. The van der Waals surface area contributed by atoms with Crippen LogP contribution in [0.1, 0.15) is 15.9 Å². The Hall–Kier alpha value is -1.48. The van der Waals surface area contributed by atoms with E-state index in [9.17, 15) is 4.79 Å². The molecule has 3 nitrogen and oxygen atoms in total. The van der Waals surface area contributed by atoms with Gasteiger partial charge in [-0.2, -0.15) is 0 Å². The summed E-state index contributed by atoms with van der Waals surface area (Å²) in [6, 6.07) is 1.70. The molecule has 0 aliphatic heterocycles. The quantitative estimate of drug-likeness (QED) is 0.673. The number of hydrogen-bond acceptors (Lipinski definition) is 3. The van der Waals surface area contributed by atoms with Crippen molar-refractivity contribution in [2.24, 2.45) is 0 Å². The summed E-state index contributed by atoms with van der Waals surface area (Å²) in [4.78, 5) is 14.2. The van der Waals surface area contributed by atoms with E-state index in [0.29, 0.717) is 5.56 Å². The molecule has 0 saturated heterocycles.